The molecule has 8 heteroatoms. The molecule has 0 aliphatic heterocycles. The van der Waals surface area contributed by atoms with E-state index in [0.29, 0.717) is 0 Å². The van der Waals surface area contributed by atoms with Gasteiger partial charge in [0.1, 0.15) is 0 Å². The fraction of sp³-hybridized carbons (Fsp3) is 0.286. The summed E-state index contributed by atoms with van der Waals surface area (Å²) in [5.41, 5.74) is 10.6. The minimum absolute atomic E-state index is 0.0181. The van der Waals surface area contributed by atoms with E-state index in [1.54, 1.807) is 12.1 Å². The first-order valence-electron chi connectivity index (χ1n) is 3.96. The molecule has 0 unspecified atom stereocenters. The molecule has 15 heavy (non-hydrogen) atoms. The van der Waals surface area contributed by atoms with Gasteiger partial charge in [-0.15, -0.1) is 0 Å². The highest BCUT2D eigenvalue weighted by Gasteiger charge is 2.07. The lowest BCUT2D eigenvalue weighted by atomic mass is 10.2. The number of hydrogen-bond donors (Lipinski definition) is 3. The fourth-order valence-electron chi connectivity index (χ4n) is 0.802. The van der Waals surface area contributed by atoms with Crippen molar-refractivity contribution in [1.29, 1.82) is 10.5 Å². The molecule has 1 rings (SSSR count). The Morgan fingerprint density at radius 1 is 1.13 bits per heavy atom. The van der Waals surface area contributed by atoms with Crippen LogP contribution < -0.4 is 16.8 Å². The predicted molar refractivity (Wildman–Crippen MR) is 51.9 cm³/mol. The summed E-state index contributed by atoms with van der Waals surface area (Å²) >= 11 is 0. The van der Waals surface area contributed by atoms with E-state index in [1.165, 1.54) is 0 Å². The van der Waals surface area contributed by atoms with Crippen molar-refractivity contribution in [1.82, 2.24) is 15.0 Å². The van der Waals surface area contributed by atoms with Crippen molar-refractivity contribution in [2.75, 3.05) is 23.3 Å². The zero-order valence-corrected chi connectivity index (χ0v) is 7.68. The molecule has 0 fully saturated rings. The van der Waals surface area contributed by atoms with Crippen LogP contribution in [-0.2, 0) is 0 Å². The van der Waals surface area contributed by atoms with Gasteiger partial charge in [0.05, 0.1) is 12.1 Å². The molecule has 8 nitrogen and oxygen atoms in total. The van der Waals surface area contributed by atoms with Gasteiger partial charge in [-0.2, -0.15) is 25.5 Å². The number of nitrogens with two attached hydrogens (primary N) is 2. The van der Waals surface area contributed by atoms with E-state index in [4.69, 9.17) is 22.0 Å². The molecule has 0 spiro atoms. The Hall–Kier alpha value is -2.61. The van der Waals surface area contributed by atoms with E-state index in [0.717, 1.165) is 0 Å². The van der Waals surface area contributed by atoms with Gasteiger partial charge in [-0.25, -0.2) is 0 Å². The molecule has 1 aromatic heterocycles. The lowest BCUT2D eigenvalue weighted by molar-refractivity contribution is 0.871. The van der Waals surface area contributed by atoms with Gasteiger partial charge in [-0.1, -0.05) is 0 Å². The smallest absolute Gasteiger partial charge is 0.229 e. The van der Waals surface area contributed by atoms with E-state index < -0.39 is 5.92 Å². The lowest BCUT2D eigenvalue weighted by Crippen LogP contribution is -2.15. The van der Waals surface area contributed by atoms with Gasteiger partial charge in [0.2, 0.25) is 17.8 Å². The summed E-state index contributed by atoms with van der Waals surface area (Å²) in [4.78, 5) is 11.0. The zero-order chi connectivity index (χ0) is 11.3. The SMILES string of the molecule is N#CC(C#N)CNc1nc(N)nc(N)n1. The van der Waals surface area contributed by atoms with E-state index in [-0.39, 0.29) is 24.4 Å². The summed E-state index contributed by atoms with van der Waals surface area (Å²) in [7, 11) is 0. The molecule has 1 aromatic rings. The summed E-state index contributed by atoms with van der Waals surface area (Å²) in [6.45, 7) is 0.107. The number of rotatable bonds is 3. The van der Waals surface area contributed by atoms with Crippen LogP contribution in [0.4, 0.5) is 17.8 Å². The van der Waals surface area contributed by atoms with Gasteiger partial charge in [0.15, 0.2) is 5.92 Å². The number of nitriles is 2. The average molecular weight is 204 g/mol. The van der Waals surface area contributed by atoms with Gasteiger partial charge in [0, 0.05) is 6.54 Å². The molecule has 0 aliphatic rings. The van der Waals surface area contributed by atoms with Crippen molar-refractivity contribution in [3.8, 4) is 12.1 Å². The topological polar surface area (TPSA) is 150 Å². The van der Waals surface area contributed by atoms with Crippen molar-refractivity contribution in [2.24, 2.45) is 5.92 Å². The highest BCUT2D eigenvalue weighted by molar-refractivity contribution is 5.37. The largest absolute Gasteiger partial charge is 0.368 e. The maximum absolute atomic E-state index is 8.50. The van der Waals surface area contributed by atoms with E-state index in [9.17, 15) is 0 Å². The molecule has 0 saturated carbocycles. The molecule has 0 radical (unpaired) electrons. The summed E-state index contributed by atoms with van der Waals surface area (Å²) in [5.74, 6) is -0.661. The van der Waals surface area contributed by atoms with Crippen molar-refractivity contribution in [3.05, 3.63) is 0 Å². The van der Waals surface area contributed by atoms with Gasteiger partial charge in [-0.3, -0.25) is 0 Å². The first kappa shape index (κ1) is 10.5. The highest BCUT2D eigenvalue weighted by atomic mass is 15.2. The Morgan fingerprint density at radius 3 is 2.13 bits per heavy atom. The molecule has 1 heterocycles. The predicted octanol–water partition coefficient (Wildman–Crippen LogP) is -0.889. The van der Waals surface area contributed by atoms with Crippen molar-refractivity contribution in [2.45, 2.75) is 0 Å². The fourth-order valence-corrected chi connectivity index (χ4v) is 0.802. The van der Waals surface area contributed by atoms with Crippen molar-refractivity contribution >= 4 is 17.8 Å². The number of nitrogens with zero attached hydrogens (tertiary/aromatic N) is 5. The van der Waals surface area contributed by atoms with Crippen LogP contribution in [-0.4, -0.2) is 21.5 Å². The second-order valence-electron chi connectivity index (χ2n) is 2.57. The first-order chi connectivity index (χ1) is 7.15. The molecule has 0 bridgehead atoms. The Morgan fingerprint density at radius 2 is 1.67 bits per heavy atom. The van der Waals surface area contributed by atoms with Gasteiger partial charge in [-0.05, 0) is 0 Å². The van der Waals surface area contributed by atoms with Crippen molar-refractivity contribution in [3.63, 3.8) is 0 Å². The standard InChI is InChI=1S/C7H8N8/c8-1-4(2-9)3-12-7-14-5(10)13-6(11)15-7/h4H,3H2,(H5,10,11,12,13,14,15). The zero-order valence-electron chi connectivity index (χ0n) is 7.68. The lowest BCUT2D eigenvalue weighted by Gasteiger charge is -2.04. The number of nitrogen functional groups attached to an aromatic ring is 2. The third kappa shape index (κ3) is 2.97. The minimum Gasteiger partial charge on any atom is -0.368 e. The maximum atomic E-state index is 8.50. The number of aromatic nitrogens is 3. The van der Waals surface area contributed by atoms with Crippen LogP contribution >= 0.6 is 0 Å². The number of nitrogens with one attached hydrogen (secondary N) is 1. The molecule has 76 valence electrons. The summed E-state index contributed by atoms with van der Waals surface area (Å²) < 4.78 is 0. The molecule has 0 aromatic carbocycles. The monoisotopic (exact) mass is 204 g/mol. The van der Waals surface area contributed by atoms with Crippen molar-refractivity contribution < 1.29 is 0 Å². The normalized spacial score (nSPS) is 9.27. The minimum atomic E-state index is -0.774. The first-order valence-corrected chi connectivity index (χ1v) is 3.96. The molecule has 0 aliphatic carbocycles. The second kappa shape index (κ2) is 4.58. The molecule has 5 N–H and O–H groups in total. The van der Waals surface area contributed by atoms with Gasteiger partial charge < -0.3 is 16.8 Å². The average Bonchev–Trinajstić information content (AvgIpc) is 2.18. The molecule has 0 saturated heterocycles. The maximum Gasteiger partial charge on any atom is 0.229 e. The Bertz CT molecular complexity index is 393. The van der Waals surface area contributed by atoms with E-state index in [1.807, 2.05) is 0 Å². The van der Waals surface area contributed by atoms with Crippen LogP contribution in [0.2, 0.25) is 0 Å². The van der Waals surface area contributed by atoms with Crippen LogP contribution in [0.3, 0.4) is 0 Å². The van der Waals surface area contributed by atoms with E-state index >= 15 is 0 Å². The second-order valence-corrected chi connectivity index (χ2v) is 2.57. The van der Waals surface area contributed by atoms with Crippen LogP contribution in [0.1, 0.15) is 0 Å². The number of hydrogen-bond acceptors (Lipinski definition) is 8. The third-order valence-electron chi connectivity index (χ3n) is 1.45. The summed E-state index contributed by atoms with van der Waals surface area (Å²) in [5, 5.41) is 19.7. The molecular weight excluding hydrogens is 196 g/mol. The van der Waals surface area contributed by atoms with Crippen LogP contribution in [0.15, 0.2) is 0 Å². The van der Waals surface area contributed by atoms with Crippen LogP contribution in [0.25, 0.3) is 0 Å². The quantitative estimate of drug-likeness (QED) is 0.573. The van der Waals surface area contributed by atoms with Crippen LogP contribution in [0.5, 0.6) is 0 Å². The Labute approximate surface area is 85.6 Å². The summed E-state index contributed by atoms with van der Waals surface area (Å²) in [6.07, 6.45) is 0. The Balaban J connectivity index is 2.67. The third-order valence-corrected chi connectivity index (χ3v) is 1.45. The summed E-state index contributed by atoms with van der Waals surface area (Å²) in [6, 6.07) is 3.59. The Kier molecular flexibility index (Phi) is 3.20. The van der Waals surface area contributed by atoms with Crippen LogP contribution in [0, 0.1) is 28.6 Å². The number of anilines is 3. The molecule has 0 atom stereocenters. The van der Waals surface area contributed by atoms with Gasteiger partial charge >= 0.3 is 0 Å². The highest BCUT2D eigenvalue weighted by Crippen LogP contribution is 2.04. The van der Waals surface area contributed by atoms with Gasteiger partial charge in [0.25, 0.3) is 0 Å². The molecule has 0 amide bonds. The molecular formula is C7H8N8. The van der Waals surface area contributed by atoms with E-state index in [2.05, 4.69) is 20.3 Å².